The van der Waals surface area contributed by atoms with E-state index in [2.05, 4.69) is 13.2 Å². The lowest BCUT2D eigenvalue weighted by molar-refractivity contribution is 0.0322. The molecule has 1 rings (SSSR count). The fourth-order valence-corrected chi connectivity index (χ4v) is 2.44. The molecule has 1 aromatic rings. The Bertz CT molecular complexity index is 563. The summed E-state index contributed by atoms with van der Waals surface area (Å²) < 4.78 is 16.3. The van der Waals surface area contributed by atoms with Gasteiger partial charge in [0.1, 0.15) is 17.1 Å². The van der Waals surface area contributed by atoms with Crippen molar-refractivity contribution in [2.45, 2.75) is 45.1 Å². The van der Waals surface area contributed by atoms with Gasteiger partial charge in [0.15, 0.2) is 0 Å². The number of benzene rings is 1. The van der Waals surface area contributed by atoms with Crippen LogP contribution < -0.4 is 9.47 Å². The van der Waals surface area contributed by atoms with E-state index in [1.165, 1.54) is 0 Å². The quantitative estimate of drug-likeness (QED) is 0.334. The predicted octanol–water partition coefficient (Wildman–Crippen LogP) is 4.72. The van der Waals surface area contributed by atoms with Crippen LogP contribution in [0.4, 0.5) is 0 Å². The van der Waals surface area contributed by atoms with E-state index in [0.717, 1.165) is 37.7 Å². The zero-order chi connectivity index (χ0) is 17.9. The molecule has 0 amide bonds. The third kappa shape index (κ3) is 5.76. The van der Waals surface area contributed by atoms with Gasteiger partial charge in [-0.1, -0.05) is 12.2 Å². The maximum Gasteiger partial charge on any atom is 0.342 e. The minimum Gasteiger partial charge on any atom is -0.497 e. The first kappa shape index (κ1) is 19.8. The van der Waals surface area contributed by atoms with E-state index in [1.54, 1.807) is 20.3 Å². The van der Waals surface area contributed by atoms with Crippen molar-refractivity contribution >= 4 is 5.97 Å². The van der Waals surface area contributed by atoms with Gasteiger partial charge < -0.3 is 14.2 Å². The normalized spacial score (nSPS) is 11.5. The van der Waals surface area contributed by atoms with Gasteiger partial charge in [-0.3, -0.25) is 0 Å². The number of ether oxygens (including phenoxy) is 3. The molecule has 24 heavy (non-hydrogen) atoms. The Morgan fingerprint density at radius 3 is 2.46 bits per heavy atom. The minimum absolute atomic E-state index is 0.177. The standard InChI is InChI=1S/C20H28O4/c1-6-8-10-12-16-13-17(22-4)14-18(23-5)19(16)20(21)24-15(3)11-9-7-2/h6-7,13-15H,1-2,8-12H2,3-5H3/t15-/m1/s1. The maximum atomic E-state index is 12.7. The van der Waals surface area contributed by atoms with Gasteiger partial charge in [0.2, 0.25) is 0 Å². The molecule has 0 bridgehead atoms. The number of aryl methyl sites for hydroxylation is 1. The van der Waals surface area contributed by atoms with Crippen molar-refractivity contribution in [3.63, 3.8) is 0 Å². The van der Waals surface area contributed by atoms with Crippen molar-refractivity contribution in [1.29, 1.82) is 0 Å². The van der Waals surface area contributed by atoms with Crippen molar-refractivity contribution < 1.29 is 19.0 Å². The van der Waals surface area contributed by atoms with Gasteiger partial charge in [-0.15, -0.1) is 13.2 Å². The Balaban J connectivity index is 3.08. The molecule has 4 nitrogen and oxygen atoms in total. The molecule has 0 heterocycles. The fraction of sp³-hybridized carbons (Fsp3) is 0.450. The molecule has 0 saturated carbocycles. The second-order valence-corrected chi connectivity index (χ2v) is 5.63. The number of methoxy groups -OCH3 is 2. The number of hydrogen-bond donors (Lipinski definition) is 0. The van der Waals surface area contributed by atoms with Crippen LogP contribution >= 0.6 is 0 Å². The molecule has 0 aliphatic heterocycles. The molecule has 0 N–H and O–H groups in total. The first-order chi connectivity index (χ1) is 11.6. The van der Waals surface area contributed by atoms with Gasteiger partial charge in [0, 0.05) is 6.07 Å². The van der Waals surface area contributed by atoms with Crippen LogP contribution in [0.25, 0.3) is 0 Å². The second-order valence-electron chi connectivity index (χ2n) is 5.63. The fourth-order valence-electron chi connectivity index (χ4n) is 2.44. The number of carbonyl (C=O) groups is 1. The zero-order valence-corrected chi connectivity index (χ0v) is 15.0. The van der Waals surface area contributed by atoms with Crippen LogP contribution in [0.15, 0.2) is 37.4 Å². The summed E-state index contributed by atoms with van der Waals surface area (Å²) in [5.41, 5.74) is 1.35. The van der Waals surface area contributed by atoms with E-state index in [9.17, 15) is 4.79 Å². The molecule has 0 aliphatic rings. The summed E-state index contributed by atoms with van der Waals surface area (Å²) in [5, 5.41) is 0. The van der Waals surface area contributed by atoms with Crippen LogP contribution in [0.3, 0.4) is 0 Å². The van der Waals surface area contributed by atoms with Crippen LogP contribution in [-0.2, 0) is 11.2 Å². The molecular weight excluding hydrogens is 304 g/mol. The lowest BCUT2D eigenvalue weighted by Crippen LogP contribution is -2.17. The van der Waals surface area contributed by atoms with Gasteiger partial charge in [-0.2, -0.15) is 0 Å². The molecule has 132 valence electrons. The van der Waals surface area contributed by atoms with E-state index >= 15 is 0 Å². The van der Waals surface area contributed by atoms with Crippen LogP contribution in [0.2, 0.25) is 0 Å². The maximum absolute atomic E-state index is 12.7. The van der Waals surface area contributed by atoms with Crippen molar-refractivity contribution in [3.8, 4) is 11.5 Å². The Kier molecular flexibility index (Phi) is 8.69. The summed E-state index contributed by atoms with van der Waals surface area (Å²) in [4.78, 5) is 12.7. The molecule has 0 aliphatic carbocycles. The molecule has 1 aromatic carbocycles. The van der Waals surface area contributed by atoms with Gasteiger partial charge in [-0.25, -0.2) is 4.79 Å². The van der Waals surface area contributed by atoms with Crippen molar-refractivity contribution in [2.75, 3.05) is 14.2 Å². The van der Waals surface area contributed by atoms with E-state index in [0.29, 0.717) is 17.1 Å². The zero-order valence-electron chi connectivity index (χ0n) is 15.0. The van der Waals surface area contributed by atoms with E-state index in [4.69, 9.17) is 14.2 Å². The smallest absolute Gasteiger partial charge is 0.342 e. The average molecular weight is 332 g/mol. The van der Waals surface area contributed by atoms with Gasteiger partial charge in [-0.05, 0) is 50.7 Å². The van der Waals surface area contributed by atoms with Gasteiger partial charge in [0.05, 0.1) is 20.3 Å². The van der Waals surface area contributed by atoms with Crippen LogP contribution in [0, 0.1) is 0 Å². The lowest BCUT2D eigenvalue weighted by Gasteiger charge is -2.18. The highest BCUT2D eigenvalue weighted by molar-refractivity contribution is 5.94. The number of esters is 1. The highest BCUT2D eigenvalue weighted by Crippen LogP contribution is 2.31. The van der Waals surface area contributed by atoms with Gasteiger partial charge >= 0.3 is 5.97 Å². The second kappa shape index (κ2) is 10.5. The first-order valence-corrected chi connectivity index (χ1v) is 8.25. The monoisotopic (exact) mass is 332 g/mol. The third-order valence-electron chi connectivity index (χ3n) is 3.76. The number of rotatable bonds is 11. The third-order valence-corrected chi connectivity index (χ3v) is 3.76. The van der Waals surface area contributed by atoms with Crippen LogP contribution in [0.5, 0.6) is 11.5 Å². The molecule has 0 radical (unpaired) electrons. The Morgan fingerprint density at radius 1 is 1.17 bits per heavy atom. The summed E-state index contributed by atoms with van der Waals surface area (Å²) in [6, 6.07) is 3.58. The van der Waals surface area contributed by atoms with Crippen molar-refractivity contribution in [2.24, 2.45) is 0 Å². The molecule has 0 aromatic heterocycles. The summed E-state index contributed by atoms with van der Waals surface area (Å²) in [5.74, 6) is 0.778. The summed E-state index contributed by atoms with van der Waals surface area (Å²) in [6.07, 6.45) is 7.57. The number of carbonyl (C=O) groups excluding carboxylic acids is 1. The van der Waals surface area contributed by atoms with E-state index in [-0.39, 0.29) is 12.1 Å². The average Bonchev–Trinajstić information content (AvgIpc) is 2.59. The molecular formula is C20H28O4. The Morgan fingerprint density at radius 2 is 1.88 bits per heavy atom. The summed E-state index contributed by atoms with van der Waals surface area (Å²) in [6.45, 7) is 9.31. The highest BCUT2D eigenvalue weighted by atomic mass is 16.5. The van der Waals surface area contributed by atoms with E-state index < -0.39 is 0 Å². The molecule has 0 fully saturated rings. The van der Waals surface area contributed by atoms with Gasteiger partial charge in [0.25, 0.3) is 0 Å². The lowest BCUT2D eigenvalue weighted by atomic mass is 10.00. The summed E-state index contributed by atoms with van der Waals surface area (Å²) in [7, 11) is 3.14. The highest BCUT2D eigenvalue weighted by Gasteiger charge is 2.22. The van der Waals surface area contributed by atoms with Crippen molar-refractivity contribution in [3.05, 3.63) is 48.6 Å². The SMILES string of the molecule is C=CCCCc1cc(OC)cc(OC)c1C(=O)O[C@H](C)CCC=C. The van der Waals surface area contributed by atoms with Crippen LogP contribution in [0.1, 0.15) is 48.5 Å². The molecule has 0 unspecified atom stereocenters. The predicted molar refractivity (Wildman–Crippen MR) is 97.0 cm³/mol. The molecule has 4 heteroatoms. The Hall–Kier alpha value is -2.23. The summed E-state index contributed by atoms with van der Waals surface area (Å²) >= 11 is 0. The first-order valence-electron chi connectivity index (χ1n) is 8.25. The largest absolute Gasteiger partial charge is 0.497 e. The van der Waals surface area contributed by atoms with Crippen LogP contribution in [-0.4, -0.2) is 26.3 Å². The van der Waals surface area contributed by atoms with E-state index in [1.807, 2.05) is 25.1 Å². The van der Waals surface area contributed by atoms with Crippen molar-refractivity contribution in [1.82, 2.24) is 0 Å². The Labute approximate surface area is 145 Å². The number of hydrogen-bond acceptors (Lipinski definition) is 4. The minimum atomic E-state index is -0.361. The topological polar surface area (TPSA) is 44.8 Å². The number of allylic oxidation sites excluding steroid dienone is 2. The molecule has 0 spiro atoms. The molecule has 0 saturated heterocycles. The molecule has 1 atom stereocenters. The number of unbranched alkanes of at least 4 members (excludes halogenated alkanes) is 1.